The number of para-hydroxylation sites is 1. The standard InChI is InChI=1S/C16H21NO4/c1-11-5-4-8-17(9-11)14(18)10-21-16(20)13-7-3-6-12(2)15(13)19/h3,6-7,11,19H,4-5,8-10H2,1-2H3. The molecule has 5 heteroatoms. The maximum absolute atomic E-state index is 12.0. The van der Waals surface area contributed by atoms with Crippen molar-refractivity contribution in [2.75, 3.05) is 19.7 Å². The van der Waals surface area contributed by atoms with E-state index in [4.69, 9.17) is 4.74 Å². The highest BCUT2D eigenvalue weighted by atomic mass is 16.5. The van der Waals surface area contributed by atoms with Crippen LogP contribution in [0.15, 0.2) is 18.2 Å². The van der Waals surface area contributed by atoms with Crippen LogP contribution in [0.5, 0.6) is 5.75 Å². The van der Waals surface area contributed by atoms with Gasteiger partial charge in [-0.05, 0) is 37.3 Å². The molecule has 0 spiro atoms. The minimum atomic E-state index is -0.672. The van der Waals surface area contributed by atoms with E-state index in [2.05, 4.69) is 6.92 Å². The SMILES string of the molecule is Cc1cccc(C(=O)OCC(=O)N2CCCC(C)C2)c1O. The lowest BCUT2D eigenvalue weighted by molar-refractivity contribution is -0.136. The van der Waals surface area contributed by atoms with Crippen LogP contribution in [0.3, 0.4) is 0 Å². The first-order chi connectivity index (χ1) is 9.99. The Labute approximate surface area is 124 Å². The van der Waals surface area contributed by atoms with Gasteiger partial charge in [-0.15, -0.1) is 0 Å². The van der Waals surface area contributed by atoms with E-state index in [1.807, 2.05) is 0 Å². The molecule has 0 radical (unpaired) electrons. The summed E-state index contributed by atoms with van der Waals surface area (Å²) in [6.45, 7) is 4.96. The summed E-state index contributed by atoms with van der Waals surface area (Å²) in [5, 5.41) is 9.82. The smallest absolute Gasteiger partial charge is 0.342 e. The molecule has 0 aromatic heterocycles. The number of hydrogen-bond acceptors (Lipinski definition) is 4. The number of phenols is 1. The van der Waals surface area contributed by atoms with Crippen LogP contribution in [-0.2, 0) is 9.53 Å². The zero-order chi connectivity index (χ0) is 15.4. The zero-order valence-corrected chi connectivity index (χ0v) is 12.5. The third-order valence-corrected chi connectivity index (χ3v) is 3.79. The first-order valence-corrected chi connectivity index (χ1v) is 7.22. The Kier molecular flexibility index (Phi) is 4.83. The molecule has 1 heterocycles. The predicted molar refractivity (Wildman–Crippen MR) is 78.1 cm³/mol. The fraction of sp³-hybridized carbons (Fsp3) is 0.500. The second kappa shape index (κ2) is 6.61. The summed E-state index contributed by atoms with van der Waals surface area (Å²) >= 11 is 0. The quantitative estimate of drug-likeness (QED) is 0.866. The molecule has 1 N–H and O–H groups in total. The number of likely N-dealkylation sites (tertiary alicyclic amines) is 1. The number of benzene rings is 1. The molecule has 1 atom stereocenters. The van der Waals surface area contributed by atoms with Gasteiger partial charge in [0.05, 0.1) is 0 Å². The Hall–Kier alpha value is -2.04. The highest BCUT2D eigenvalue weighted by Gasteiger charge is 2.22. The van der Waals surface area contributed by atoms with Crippen LogP contribution in [0.2, 0.25) is 0 Å². The van der Waals surface area contributed by atoms with Gasteiger partial charge >= 0.3 is 5.97 Å². The van der Waals surface area contributed by atoms with Gasteiger partial charge in [0.25, 0.3) is 5.91 Å². The Balaban J connectivity index is 1.91. The van der Waals surface area contributed by atoms with Crippen LogP contribution in [0.25, 0.3) is 0 Å². The third-order valence-electron chi connectivity index (χ3n) is 3.79. The van der Waals surface area contributed by atoms with E-state index in [0.29, 0.717) is 18.0 Å². The summed E-state index contributed by atoms with van der Waals surface area (Å²) in [6.07, 6.45) is 2.11. The van der Waals surface area contributed by atoms with E-state index in [-0.39, 0.29) is 23.8 Å². The molecule has 21 heavy (non-hydrogen) atoms. The van der Waals surface area contributed by atoms with Gasteiger partial charge < -0.3 is 14.7 Å². The first-order valence-electron chi connectivity index (χ1n) is 7.22. The molecule has 2 rings (SSSR count). The number of esters is 1. The van der Waals surface area contributed by atoms with Crippen molar-refractivity contribution in [3.63, 3.8) is 0 Å². The van der Waals surface area contributed by atoms with E-state index in [9.17, 15) is 14.7 Å². The van der Waals surface area contributed by atoms with Crippen molar-refractivity contribution in [1.82, 2.24) is 4.90 Å². The Bertz CT molecular complexity index is 541. The fourth-order valence-corrected chi connectivity index (χ4v) is 2.54. The highest BCUT2D eigenvalue weighted by Crippen LogP contribution is 2.22. The highest BCUT2D eigenvalue weighted by molar-refractivity contribution is 5.94. The van der Waals surface area contributed by atoms with Crippen LogP contribution >= 0.6 is 0 Å². The number of carbonyl (C=O) groups is 2. The molecular formula is C16H21NO4. The molecule has 1 aromatic carbocycles. The van der Waals surface area contributed by atoms with Crippen molar-refractivity contribution in [3.05, 3.63) is 29.3 Å². The lowest BCUT2D eigenvalue weighted by atomic mass is 10.0. The number of rotatable bonds is 3. The van der Waals surface area contributed by atoms with Crippen LogP contribution in [0, 0.1) is 12.8 Å². The van der Waals surface area contributed by atoms with Gasteiger partial charge in [-0.25, -0.2) is 4.79 Å². The first kappa shape index (κ1) is 15.4. The van der Waals surface area contributed by atoms with Crippen molar-refractivity contribution < 1.29 is 19.4 Å². The fourth-order valence-electron chi connectivity index (χ4n) is 2.54. The van der Waals surface area contributed by atoms with E-state index in [1.165, 1.54) is 6.07 Å². The van der Waals surface area contributed by atoms with Crippen molar-refractivity contribution >= 4 is 11.9 Å². The molecule has 1 fully saturated rings. The van der Waals surface area contributed by atoms with Crippen LogP contribution in [0.4, 0.5) is 0 Å². The third kappa shape index (κ3) is 3.74. The lowest BCUT2D eigenvalue weighted by Crippen LogP contribution is -2.41. The average molecular weight is 291 g/mol. The van der Waals surface area contributed by atoms with Gasteiger partial charge in [-0.1, -0.05) is 19.1 Å². The maximum atomic E-state index is 12.0. The molecule has 1 unspecified atom stereocenters. The van der Waals surface area contributed by atoms with Gasteiger partial charge in [0, 0.05) is 13.1 Å². The predicted octanol–water partition coefficient (Wildman–Crippen LogP) is 2.12. The number of phenolic OH excluding ortho intramolecular Hbond substituents is 1. The number of aromatic hydroxyl groups is 1. The Morgan fingerprint density at radius 1 is 1.43 bits per heavy atom. The molecule has 0 bridgehead atoms. The summed E-state index contributed by atoms with van der Waals surface area (Å²) in [5.41, 5.74) is 0.690. The Morgan fingerprint density at radius 2 is 2.19 bits per heavy atom. The zero-order valence-electron chi connectivity index (χ0n) is 12.5. The molecule has 1 aliphatic rings. The monoisotopic (exact) mass is 291 g/mol. The van der Waals surface area contributed by atoms with Gasteiger partial charge in [0.1, 0.15) is 11.3 Å². The second-order valence-electron chi connectivity index (χ2n) is 5.63. The molecule has 1 aromatic rings. The normalized spacial score (nSPS) is 18.4. The summed E-state index contributed by atoms with van der Waals surface area (Å²) in [6, 6.07) is 4.85. The number of amides is 1. The van der Waals surface area contributed by atoms with Crippen molar-refractivity contribution in [1.29, 1.82) is 0 Å². The molecular weight excluding hydrogens is 270 g/mol. The van der Waals surface area contributed by atoms with Crippen LogP contribution in [-0.4, -0.2) is 41.6 Å². The lowest BCUT2D eigenvalue weighted by Gasteiger charge is -2.30. The van der Waals surface area contributed by atoms with Crippen molar-refractivity contribution in [2.24, 2.45) is 5.92 Å². The molecule has 5 nitrogen and oxygen atoms in total. The van der Waals surface area contributed by atoms with Gasteiger partial charge in [-0.3, -0.25) is 4.79 Å². The topological polar surface area (TPSA) is 66.8 Å². The van der Waals surface area contributed by atoms with E-state index in [0.717, 1.165) is 19.4 Å². The minimum absolute atomic E-state index is 0.0924. The molecule has 1 saturated heterocycles. The maximum Gasteiger partial charge on any atom is 0.342 e. The van der Waals surface area contributed by atoms with E-state index >= 15 is 0 Å². The Morgan fingerprint density at radius 3 is 2.90 bits per heavy atom. The molecule has 114 valence electrons. The van der Waals surface area contributed by atoms with Gasteiger partial charge in [-0.2, -0.15) is 0 Å². The minimum Gasteiger partial charge on any atom is -0.507 e. The number of piperidine rings is 1. The molecule has 0 aliphatic carbocycles. The summed E-state index contributed by atoms with van der Waals surface area (Å²) in [7, 11) is 0. The summed E-state index contributed by atoms with van der Waals surface area (Å²) < 4.78 is 5.02. The van der Waals surface area contributed by atoms with Gasteiger partial charge in [0.2, 0.25) is 0 Å². The average Bonchev–Trinajstić information content (AvgIpc) is 2.47. The molecule has 1 aliphatic heterocycles. The molecule has 1 amide bonds. The van der Waals surface area contributed by atoms with Crippen LogP contribution < -0.4 is 0 Å². The second-order valence-corrected chi connectivity index (χ2v) is 5.63. The molecule has 0 saturated carbocycles. The van der Waals surface area contributed by atoms with Crippen LogP contribution in [0.1, 0.15) is 35.7 Å². The van der Waals surface area contributed by atoms with Crippen molar-refractivity contribution in [2.45, 2.75) is 26.7 Å². The van der Waals surface area contributed by atoms with E-state index < -0.39 is 5.97 Å². The number of hydrogen-bond donors (Lipinski definition) is 1. The summed E-state index contributed by atoms with van der Waals surface area (Å²) in [4.78, 5) is 25.7. The summed E-state index contributed by atoms with van der Waals surface area (Å²) in [5.74, 6) is -0.461. The number of carbonyl (C=O) groups excluding carboxylic acids is 2. The number of nitrogens with zero attached hydrogens (tertiary/aromatic N) is 1. The number of ether oxygens (including phenoxy) is 1. The van der Waals surface area contributed by atoms with Gasteiger partial charge in [0.15, 0.2) is 6.61 Å². The van der Waals surface area contributed by atoms with E-state index in [1.54, 1.807) is 24.0 Å². The van der Waals surface area contributed by atoms with Crippen molar-refractivity contribution in [3.8, 4) is 5.75 Å². The number of aryl methyl sites for hydroxylation is 1. The largest absolute Gasteiger partial charge is 0.507 e.